The summed E-state index contributed by atoms with van der Waals surface area (Å²) in [4.78, 5) is 27.4. The molecular weight excluding hydrogens is 651 g/mol. The minimum Gasteiger partial charge on any atom is -0.354 e. The number of halogens is 1. The van der Waals surface area contributed by atoms with Crippen molar-refractivity contribution in [3.8, 4) is 11.1 Å². The number of nitrogens with one attached hydrogen (secondary N) is 3. The van der Waals surface area contributed by atoms with E-state index in [4.69, 9.17) is 14.6 Å². The minimum absolute atomic E-state index is 0.00335. The van der Waals surface area contributed by atoms with Crippen molar-refractivity contribution in [2.75, 3.05) is 42.8 Å². The third-order valence-electron chi connectivity index (χ3n) is 8.81. The van der Waals surface area contributed by atoms with Crippen LogP contribution in [0.25, 0.3) is 11.1 Å². The lowest BCUT2D eigenvalue weighted by atomic mass is 9.93. The van der Waals surface area contributed by atoms with E-state index in [1.54, 1.807) is 13.1 Å². The lowest BCUT2D eigenvalue weighted by molar-refractivity contribution is -0.178. The lowest BCUT2D eigenvalue weighted by Gasteiger charge is -2.43. The van der Waals surface area contributed by atoms with E-state index in [0.717, 1.165) is 60.3 Å². The quantitative estimate of drug-likeness (QED) is 0.197. The fraction of sp³-hybridized carbons (Fsp3) is 0.483. The van der Waals surface area contributed by atoms with Crippen molar-refractivity contribution < 1.29 is 19.1 Å². The van der Waals surface area contributed by atoms with Crippen molar-refractivity contribution in [1.29, 1.82) is 0 Å². The van der Waals surface area contributed by atoms with Crippen LogP contribution in [0.3, 0.4) is 0 Å². The zero-order chi connectivity index (χ0) is 29.2. The molecule has 2 aliphatic heterocycles. The predicted molar refractivity (Wildman–Crippen MR) is 165 cm³/mol. The van der Waals surface area contributed by atoms with Gasteiger partial charge in [0.15, 0.2) is 17.3 Å². The van der Waals surface area contributed by atoms with Gasteiger partial charge in [-0.15, -0.1) is 10.2 Å². The number of carbonyl (C=O) groups is 2. The molecule has 7 rings (SSSR count). The summed E-state index contributed by atoms with van der Waals surface area (Å²) in [5.41, 5.74) is 5.48. The van der Waals surface area contributed by atoms with Crippen LogP contribution in [-0.2, 0) is 17.8 Å². The van der Waals surface area contributed by atoms with Crippen molar-refractivity contribution in [3.63, 3.8) is 0 Å². The van der Waals surface area contributed by atoms with Gasteiger partial charge in [-0.25, -0.2) is 0 Å². The van der Waals surface area contributed by atoms with Crippen molar-refractivity contribution in [2.45, 2.75) is 54.4 Å². The van der Waals surface area contributed by atoms with Gasteiger partial charge in [-0.05, 0) is 61.3 Å². The maximum Gasteiger partial charge on any atom is 0.273 e. The number of para-hydroxylation sites is 1. The first kappa shape index (κ1) is 27.5. The number of nitrogens with zero attached hydrogens (tertiary/aromatic N) is 5. The molecule has 1 unspecified atom stereocenters. The number of aromatic nitrogens is 4. The molecule has 0 bridgehead atoms. The highest BCUT2D eigenvalue weighted by molar-refractivity contribution is 14.1. The number of hydrogen-bond donors (Lipinski definition) is 3. The van der Waals surface area contributed by atoms with Gasteiger partial charge in [-0.2, -0.15) is 5.10 Å². The highest BCUT2D eigenvalue weighted by atomic mass is 127. The smallest absolute Gasteiger partial charge is 0.273 e. The van der Waals surface area contributed by atoms with Crippen LogP contribution in [0.4, 0.5) is 22.9 Å². The molecule has 4 aliphatic rings. The third-order valence-corrected chi connectivity index (χ3v) is 10.0. The van der Waals surface area contributed by atoms with Crippen LogP contribution < -0.4 is 20.9 Å². The fourth-order valence-electron chi connectivity index (χ4n) is 6.44. The van der Waals surface area contributed by atoms with E-state index in [0.29, 0.717) is 24.7 Å². The van der Waals surface area contributed by atoms with Gasteiger partial charge in [0.1, 0.15) is 9.59 Å². The first-order valence-corrected chi connectivity index (χ1v) is 15.4. The molecular formula is C29H33IN8O4. The molecule has 12 nitrogen and oxygen atoms in total. The van der Waals surface area contributed by atoms with E-state index in [9.17, 15) is 9.59 Å². The number of ether oxygens (including phenoxy) is 2. The summed E-state index contributed by atoms with van der Waals surface area (Å²) in [6, 6.07) is 7.70. The van der Waals surface area contributed by atoms with Crippen molar-refractivity contribution in [3.05, 3.63) is 41.9 Å². The van der Waals surface area contributed by atoms with Gasteiger partial charge in [0.2, 0.25) is 5.91 Å². The normalized spacial score (nSPS) is 23.9. The molecule has 1 saturated heterocycles. The Balaban J connectivity index is 1.30. The minimum atomic E-state index is -0.619. The standard InChI is InChI=1S/C29H33IN8O4/c1-28(30)25-18(15-32-38(25)21-8-5-11-29(21)41-12-13-42-29)17-6-4-7-19(24(17)37(28)3)33-20-14-22(34-26(39)16-9-10-16)35-36-23(20)27(40)31-2/h4,6-7,14-16,21H,5,8-13H2,1-3H3,(H,31,40)(H2,33,34,35,39)/t21?,28-/m0/s1. The third kappa shape index (κ3) is 4.35. The van der Waals surface area contributed by atoms with Crippen molar-refractivity contribution in [1.82, 2.24) is 25.3 Å². The number of rotatable bonds is 6. The molecule has 2 aliphatic carbocycles. The number of alkyl halides is 1. The molecule has 13 heteroatoms. The second-order valence-corrected chi connectivity index (χ2v) is 13.5. The van der Waals surface area contributed by atoms with Crippen LogP contribution in [0.5, 0.6) is 0 Å². The molecule has 0 radical (unpaired) electrons. The molecule has 1 aromatic carbocycles. The largest absolute Gasteiger partial charge is 0.354 e. The highest BCUT2D eigenvalue weighted by Crippen LogP contribution is 2.55. The molecule has 3 N–H and O–H groups in total. The summed E-state index contributed by atoms with van der Waals surface area (Å²) in [6.45, 7) is 3.39. The number of benzene rings is 1. The molecule has 3 aromatic rings. The Labute approximate surface area is 257 Å². The van der Waals surface area contributed by atoms with Gasteiger partial charge in [0.25, 0.3) is 5.91 Å². The Hall–Kier alpha value is -3.30. The average molecular weight is 685 g/mol. The highest BCUT2D eigenvalue weighted by Gasteiger charge is 2.52. The van der Waals surface area contributed by atoms with Crippen LogP contribution in [0.15, 0.2) is 30.5 Å². The second-order valence-electron chi connectivity index (χ2n) is 11.4. The Morgan fingerprint density at radius 3 is 2.62 bits per heavy atom. The number of anilines is 4. The summed E-state index contributed by atoms with van der Waals surface area (Å²) in [5, 5.41) is 22.1. The first-order valence-electron chi connectivity index (χ1n) is 14.3. The van der Waals surface area contributed by atoms with Crippen LogP contribution in [-0.4, -0.2) is 64.9 Å². The molecule has 3 fully saturated rings. The topological polar surface area (TPSA) is 136 Å². The summed E-state index contributed by atoms with van der Waals surface area (Å²) in [6.07, 6.45) is 6.52. The molecule has 2 amide bonds. The zero-order valence-electron chi connectivity index (χ0n) is 23.7. The van der Waals surface area contributed by atoms with E-state index >= 15 is 0 Å². The van der Waals surface area contributed by atoms with E-state index in [1.807, 2.05) is 18.3 Å². The van der Waals surface area contributed by atoms with E-state index in [2.05, 4.69) is 78.4 Å². The van der Waals surface area contributed by atoms with Crippen LogP contribution >= 0.6 is 22.6 Å². The van der Waals surface area contributed by atoms with Crippen LogP contribution in [0.1, 0.15) is 61.3 Å². The van der Waals surface area contributed by atoms with Gasteiger partial charge in [0, 0.05) is 43.6 Å². The Morgan fingerprint density at radius 1 is 1.10 bits per heavy atom. The first-order chi connectivity index (χ1) is 20.2. The Bertz CT molecular complexity index is 1570. The van der Waals surface area contributed by atoms with Gasteiger partial charge >= 0.3 is 0 Å². The lowest BCUT2D eigenvalue weighted by Crippen LogP contribution is -2.44. The van der Waals surface area contributed by atoms with Gasteiger partial charge in [-0.3, -0.25) is 14.3 Å². The van der Waals surface area contributed by atoms with E-state index < -0.39 is 9.33 Å². The predicted octanol–water partition coefficient (Wildman–Crippen LogP) is 4.32. The second kappa shape index (κ2) is 10.2. The molecule has 2 saturated carbocycles. The number of amides is 2. The summed E-state index contributed by atoms with van der Waals surface area (Å²) < 4.78 is 14.0. The number of carbonyl (C=O) groups excluding carboxylic acids is 2. The molecule has 220 valence electrons. The fourth-order valence-corrected chi connectivity index (χ4v) is 7.22. The van der Waals surface area contributed by atoms with E-state index in [1.165, 1.54) is 0 Å². The summed E-state index contributed by atoms with van der Waals surface area (Å²) in [7, 11) is 3.61. The number of fused-ring (bicyclic) bond motifs is 3. The molecule has 4 heterocycles. The van der Waals surface area contributed by atoms with Crippen molar-refractivity contribution >= 4 is 57.3 Å². The summed E-state index contributed by atoms with van der Waals surface area (Å²) >= 11 is 2.49. The molecule has 42 heavy (non-hydrogen) atoms. The Kier molecular flexibility index (Phi) is 6.66. The van der Waals surface area contributed by atoms with Gasteiger partial charge in [-0.1, -0.05) is 12.1 Å². The van der Waals surface area contributed by atoms with E-state index in [-0.39, 0.29) is 29.5 Å². The van der Waals surface area contributed by atoms with Gasteiger partial charge < -0.3 is 30.3 Å². The summed E-state index contributed by atoms with van der Waals surface area (Å²) in [5.74, 6) is -0.774. The van der Waals surface area contributed by atoms with Crippen LogP contribution in [0, 0.1) is 5.92 Å². The number of hydrogen-bond acceptors (Lipinski definition) is 9. The SMILES string of the molecule is CNC(=O)c1nnc(NC(=O)C2CC2)cc1Nc1cccc2c1N(C)[C@](C)(I)c1c-2cnn1C1CCCC12OCCO2. The monoisotopic (exact) mass is 684 g/mol. The van der Waals surface area contributed by atoms with Crippen molar-refractivity contribution in [2.24, 2.45) is 5.92 Å². The molecule has 1 spiro atoms. The maximum absolute atomic E-state index is 12.7. The zero-order valence-corrected chi connectivity index (χ0v) is 25.9. The average Bonchev–Trinajstić information content (AvgIpc) is 3.36. The molecule has 2 aromatic heterocycles. The van der Waals surface area contributed by atoms with Gasteiger partial charge in [0.05, 0.1) is 42.2 Å². The Morgan fingerprint density at radius 2 is 1.88 bits per heavy atom. The molecule has 2 atom stereocenters. The maximum atomic E-state index is 12.7. The van der Waals surface area contributed by atoms with Crippen LogP contribution in [0.2, 0.25) is 0 Å².